The molecule has 1 aliphatic rings. The van der Waals surface area contributed by atoms with Gasteiger partial charge in [0.05, 0.1) is 17.6 Å². The van der Waals surface area contributed by atoms with E-state index in [4.69, 9.17) is 5.73 Å². The fraction of sp³-hybridized carbons (Fsp3) is 0.217. The summed E-state index contributed by atoms with van der Waals surface area (Å²) in [6.45, 7) is 1.50. The lowest BCUT2D eigenvalue weighted by Crippen LogP contribution is -2.43. The van der Waals surface area contributed by atoms with Gasteiger partial charge in [0.25, 0.3) is 0 Å². The monoisotopic (exact) mass is 357 g/mol. The van der Waals surface area contributed by atoms with Gasteiger partial charge in [0.1, 0.15) is 0 Å². The summed E-state index contributed by atoms with van der Waals surface area (Å²) in [5.74, 6) is -0.110. The smallest absolute Gasteiger partial charge is 0.221 e. The van der Waals surface area contributed by atoms with E-state index in [0.29, 0.717) is 5.69 Å². The van der Waals surface area contributed by atoms with Crippen molar-refractivity contribution in [3.63, 3.8) is 0 Å². The highest BCUT2D eigenvalue weighted by Gasteiger charge is 2.34. The molecule has 3 aromatic rings. The Hall–Kier alpha value is -2.98. The van der Waals surface area contributed by atoms with Gasteiger partial charge in [0.15, 0.2) is 0 Å². The minimum atomic E-state index is -0.163. The number of hydrogen-bond donors (Lipinski definition) is 2. The van der Waals surface area contributed by atoms with Gasteiger partial charge in [-0.2, -0.15) is 0 Å². The van der Waals surface area contributed by atoms with E-state index < -0.39 is 0 Å². The number of nitrogens with zero attached hydrogens (tertiary/aromatic N) is 1. The molecule has 1 saturated carbocycles. The van der Waals surface area contributed by atoms with Crippen molar-refractivity contribution >= 4 is 11.6 Å². The van der Waals surface area contributed by atoms with Gasteiger partial charge in [-0.3, -0.25) is 9.78 Å². The Bertz CT molecular complexity index is 961. The highest BCUT2D eigenvalue weighted by Crippen LogP contribution is 2.40. The first-order valence-corrected chi connectivity index (χ1v) is 9.28. The van der Waals surface area contributed by atoms with Crippen molar-refractivity contribution in [2.45, 2.75) is 31.7 Å². The Kier molecular flexibility index (Phi) is 4.50. The van der Waals surface area contributed by atoms with Crippen LogP contribution in [0.15, 0.2) is 66.9 Å². The van der Waals surface area contributed by atoms with Crippen molar-refractivity contribution in [3.05, 3.63) is 72.4 Å². The molecule has 1 fully saturated rings. The van der Waals surface area contributed by atoms with Crippen LogP contribution >= 0.6 is 0 Å². The van der Waals surface area contributed by atoms with E-state index in [9.17, 15) is 4.79 Å². The number of amides is 1. The third kappa shape index (κ3) is 3.49. The second-order valence-corrected chi connectivity index (χ2v) is 7.25. The SMILES string of the molecule is CC(=O)Nc1cnc(-c2ccc(C3(N)CCC3)cc2)c(-c2ccccc2)c1. The molecule has 4 rings (SSSR count). The average molecular weight is 357 g/mol. The van der Waals surface area contributed by atoms with Crippen LogP contribution in [0.4, 0.5) is 5.69 Å². The predicted octanol–water partition coefficient (Wildman–Crippen LogP) is 4.71. The van der Waals surface area contributed by atoms with E-state index in [1.165, 1.54) is 18.9 Å². The van der Waals surface area contributed by atoms with Gasteiger partial charge in [-0.15, -0.1) is 0 Å². The maximum Gasteiger partial charge on any atom is 0.221 e. The second-order valence-electron chi connectivity index (χ2n) is 7.25. The van der Waals surface area contributed by atoms with E-state index in [-0.39, 0.29) is 11.4 Å². The van der Waals surface area contributed by atoms with Crippen molar-refractivity contribution in [1.29, 1.82) is 0 Å². The summed E-state index contributed by atoms with van der Waals surface area (Å²) in [6, 6.07) is 20.5. The summed E-state index contributed by atoms with van der Waals surface area (Å²) >= 11 is 0. The number of aromatic nitrogens is 1. The van der Waals surface area contributed by atoms with E-state index in [1.54, 1.807) is 6.20 Å². The molecule has 0 unspecified atom stereocenters. The summed E-state index contributed by atoms with van der Waals surface area (Å²) in [7, 11) is 0. The number of carbonyl (C=O) groups is 1. The predicted molar refractivity (Wildman–Crippen MR) is 109 cm³/mol. The summed E-state index contributed by atoms with van der Waals surface area (Å²) in [6.07, 6.45) is 4.99. The Labute approximate surface area is 159 Å². The molecule has 2 aromatic carbocycles. The Morgan fingerprint density at radius 2 is 1.74 bits per heavy atom. The van der Waals surface area contributed by atoms with Gasteiger partial charge in [0, 0.05) is 23.6 Å². The van der Waals surface area contributed by atoms with Gasteiger partial charge in [-0.05, 0) is 36.5 Å². The van der Waals surface area contributed by atoms with Crippen molar-refractivity contribution in [3.8, 4) is 22.4 Å². The van der Waals surface area contributed by atoms with Crippen LogP contribution in [0, 0.1) is 0 Å². The first-order valence-electron chi connectivity index (χ1n) is 9.28. The second kappa shape index (κ2) is 6.97. The Morgan fingerprint density at radius 3 is 2.33 bits per heavy atom. The van der Waals surface area contributed by atoms with Gasteiger partial charge >= 0.3 is 0 Å². The van der Waals surface area contributed by atoms with Crippen LogP contribution in [0.25, 0.3) is 22.4 Å². The van der Waals surface area contributed by atoms with Crippen LogP contribution in [0.2, 0.25) is 0 Å². The minimum Gasteiger partial charge on any atom is -0.325 e. The summed E-state index contributed by atoms with van der Waals surface area (Å²) in [4.78, 5) is 16.1. The molecule has 1 aromatic heterocycles. The summed E-state index contributed by atoms with van der Waals surface area (Å²) < 4.78 is 0. The number of carbonyl (C=O) groups excluding carboxylic acids is 1. The largest absolute Gasteiger partial charge is 0.325 e. The molecule has 4 nitrogen and oxygen atoms in total. The molecule has 1 aliphatic carbocycles. The normalized spacial score (nSPS) is 15.0. The third-order valence-electron chi connectivity index (χ3n) is 5.27. The van der Waals surface area contributed by atoms with E-state index in [1.807, 2.05) is 24.3 Å². The van der Waals surface area contributed by atoms with Crippen LogP contribution in [-0.4, -0.2) is 10.9 Å². The Morgan fingerprint density at radius 1 is 1.04 bits per heavy atom. The van der Waals surface area contributed by atoms with Crippen LogP contribution < -0.4 is 11.1 Å². The maximum absolute atomic E-state index is 11.4. The fourth-order valence-electron chi connectivity index (χ4n) is 3.61. The van der Waals surface area contributed by atoms with Gasteiger partial charge in [-0.1, -0.05) is 54.6 Å². The standard InChI is InChI=1S/C23H23N3O/c1-16(27)26-20-14-21(17-6-3-2-4-7-17)22(25-15-20)18-8-10-19(11-9-18)23(24)12-5-13-23/h2-4,6-11,14-15H,5,12-13,24H2,1H3,(H,26,27). The van der Waals surface area contributed by atoms with Crippen LogP contribution in [0.1, 0.15) is 31.7 Å². The van der Waals surface area contributed by atoms with Crippen LogP contribution in [0.3, 0.4) is 0 Å². The molecule has 0 atom stereocenters. The third-order valence-corrected chi connectivity index (χ3v) is 5.27. The topological polar surface area (TPSA) is 68.0 Å². The number of pyridine rings is 1. The number of benzene rings is 2. The molecule has 0 bridgehead atoms. The zero-order chi connectivity index (χ0) is 18.9. The molecule has 0 aliphatic heterocycles. The van der Waals surface area contributed by atoms with E-state index in [0.717, 1.165) is 35.2 Å². The van der Waals surface area contributed by atoms with Gasteiger partial charge < -0.3 is 11.1 Å². The maximum atomic E-state index is 11.4. The molecule has 3 N–H and O–H groups in total. The van der Waals surface area contributed by atoms with Crippen molar-refractivity contribution < 1.29 is 4.79 Å². The molecule has 1 heterocycles. The lowest BCUT2D eigenvalue weighted by molar-refractivity contribution is -0.114. The summed E-state index contributed by atoms with van der Waals surface area (Å²) in [5.41, 5.74) is 12.1. The molecule has 27 heavy (non-hydrogen) atoms. The van der Waals surface area contributed by atoms with E-state index in [2.05, 4.69) is 46.7 Å². The zero-order valence-electron chi connectivity index (χ0n) is 15.4. The van der Waals surface area contributed by atoms with Crippen LogP contribution in [0.5, 0.6) is 0 Å². The zero-order valence-corrected chi connectivity index (χ0v) is 15.4. The minimum absolute atomic E-state index is 0.110. The molecular formula is C23H23N3O. The summed E-state index contributed by atoms with van der Waals surface area (Å²) in [5, 5.41) is 2.82. The van der Waals surface area contributed by atoms with Gasteiger partial charge in [0.2, 0.25) is 5.91 Å². The molecule has 1 amide bonds. The first-order chi connectivity index (χ1) is 13.0. The van der Waals surface area contributed by atoms with Crippen molar-refractivity contribution in [2.24, 2.45) is 5.73 Å². The average Bonchev–Trinajstić information content (AvgIpc) is 2.66. The number of nitrogens with one attached hydrogen (secondary N) is 1. The number of anilines is 1. The number of hydrogen-bond acceptors (Lipinski definition) is 3. The number of rotatable bonds is 4. The quantitative estimate of drug-likeness (QED) is 0.710. The van der Waals surface area contributed by atoms with Crippen LogP contribution in [-0.2, 0) is 10.3 Å². The highest BCUT2D eigenvalue weighted by atomic mass is 16.1. The fourth-order valence-corrected chi connectivity index (χ4v) is 3.61. The lowest BCUT2D eigenvalue weighted by Gasteiger charge is -2.38. The highest BCUT2D eigenvalue weighted by molar-refractivity contribution is 5.91. The Balaban J connectivity index is 1.76. The lowest BCUT2D eigenvalue weighted by atomic mass is 9.72. The molecule has 0 spiro atoms. The molecule has 0 radical (unpaired) electrons. The molecule has 136 valence electrons. The first kappa shape index (κ1) is 17.4. The van der Waals surface area contributed by atoms with Crippen molar-refractivity contribution in [1.82, 2.24) is 4.98 Å². The number of nitrogens with two attached hydrogens (primary N) is 1. The molecular weight excluding hydrogens is 334 g/mol. The molecule has 0 saturated heterocycles. The van der Waals surface area contributed by atoms with Gasteiger partial charge in [-0.25, -0.2) is 0 Å². The van der Waals surface area contributed by atoms with Crippen molar-refractivity contribution in [2.75, 3.05) is 5.32 Å². The molecule has 4 heteroatoms. The van der Waals surface area contributed by atoms with E-state index >= 15 is 0 Å².